The van der Waals surface area contributed by atoms with Crippen LogP contribution in [0, 0.1) is 18.3 Å². The Bertz CT molecular complexity index is 3990. The molecule has 0 atom stereocenters. The van der Waals surface area contributed by atoms with Crippen LogP contribution in [0.25, 0.3) is 111 Å². The number of alkyl halides is 3. The van der Waals surface area contributed by atoms with Crippen LogP contribution in [-0.4, -0.2) is 19.1 Å². The zero-order chi connectivity index (χ0) is 46.8. The second-order valence-corrected chi connectivity index (χ2v) is 17.2. The first-order valence-electron chi connectivity index (χ1n) is 22.6. The molecule has 0 radical (unpaired) electrons. The maximum Gasteiger partial charge on any atom is 0.417 e. The van der Waals surface area contributed by atoms with Crippen molar-refractivity contribution < 1.29 is 13.2 Å². The molecule has 0 aliphatic rings. The third kappa shape index (κ3) is 6.94. The molecule has 0 unspecified atom stereocenters. The molecule has 4 heterocycles. The number of halogens is 3. The second kappa shape index (κ2) is 16.4. The van der Waals surface area contributed by atoms with Crippen LogP contribution in [-0.2, 0) is 6.18 Å². The van der Waals surface area contributed by atoms with E-state index in [1.54, 1.807) is 25.1 Å². The first kappa shape index (κ1) is 41.4. The molecule has 8 aromatic carbocycles. The molecule has 0 saturated carbocycles. The Hall–Kier alpha value is -9.06. The highest BCUT2D eigenvalue weighted by molar-refractivity contribution is 6.13. The van der Waals surface area contributed by atoms with Gasteiger partial charge in [-0.3, -0.25) is 9.97 Å². The number of pyridine rings is 2. The van der Waals surface area contributed by atoms with Gasteiger partial charge in [-0.15, -0.1) is 0 Å². The smallest absolute Gasteiger partial charge is 0.308 e. The largest absolute Gasteiger partial charge is 0.417 e. The van der Waals surface area contributed by atoms with E-state index in [4.69, 9.17) is 9.97 Å². The number of nitriles is 1. The number of rotatable bonds is 7. The third-order valence-corrected chi connectivity index (χ3v) is 13.3. The molecule has 0 spiro atoms. The molecule has 5 nitrogen and oxygen atoms in total. The van der Waals surface area contributed by atoms with Gasteiger partial charge in [0.15, 0.2) is 0 Å². The molecule has 12 aromatic rings. The topological polar surface area (TPSA) is 59.4 Å². The highest BCUT2D eigenvalue weighted by Gasteiger charge is 2.36. The Morgan fingerprint density at radius 2 is 0.942 bits per heavy atom. The van der Waals surface area contributed by atoms with Crippen LogP contribution in [0.5, 0.6) is 0 Å². The summed E-state index contributed by atoms with van der Waals surface area (Å²) >= 11 is 0. The van der Waals surface area contributed by atoms with Gasteiger partial charge < -0.3 is 9.13 Å². The third-order valence-electron chi connectivity index (χ3n) is 13.3. The van der Waals surface area contributed by atoms with Crippen molar-refractivity contribution in [3.8, 4) is 73.3 Å². The van der Waals surface area contributed by atoms with Crippen molar-refractivity contribution in [3.05, 3.63) is 229 Å². The van der Waals surface area contributed by atoms with Gasteiger partial charge in [-0.2, -0.15) is 18.4 Å². The normalized spacial score (nSPS) is 11.8. The van der Waals surface area contributed by atoms with Gasteiger partial charge in [-0.05, 0) is 89.8 Å². The molecule has 328 valence electrons. The zero-order valence-corrected chi connectivity index (χ0v) is 37.1. The van der Waals surface area contributed by atoms with Crippen molar-refractivity contribution in [1.82, 2.24) is 19.1 Å². The van der Waals surface area contributed by atoms with E-state index in [0.717, 1.165) is 94.4 Å². The predicted octanol–water partition coefficient (Wildman–Crippen LogP) is 16.2. The van der Waals surface area contributed by atoms with E-state index in [-0.39, 0.29) is 11.1 Å². The van der Waals surface area contributed by atoms with Crippen molar-refractivity contribution in [3.63, 3.8) is 0 Å². The summed E-state index contributed by atoms with van der Waals surface area (Å²) in [6.45, 7) is 1.69. The molecule has 12 rings (SSSR count). The number of para-hydroxylation sites is 2. The van der Waals surface area contributed by atoms with Crippen molar-refractivity contribution in [2.24, 2.45) is 0 Å². The molecule has 0 fully saturated rings. The van der Waals surface area contributed by atoms with Gasteiger partial charge in [-0.1, -0.05) is 140 Å². The molecule has 0 N–H and O–H groups in total. The molecule has 0 amide bonds. The standard InChI is InChI=1S/C61H38F3N5/c1-38-13-12-20-51(61(62,63)64)59(38)47-27-32-58(68-54-21-10-8-18-45(54)48-33-41(25-30-56(48)68)43-23-28-52(66-36-43)39-14-4-2-5-15-39)50(35-65)60(47)69-55-22-11-9-19-46(55)49-34-42(26-31-57(49)69)44-24-29-53(67-37-44)40-16-6-3-7-17-40/h2-34,36-37H,1H3. The summed E-state index contributed by atoms with van der Waals surface area (Å²) in [4.78, 5) is 9.60. The average Bonchev–Trinajstić information content (AvgIpc) is 3.90. The maximum atomic E-state index is 15.2. The minimum atomic E-state index is -4.67. The maximum absolute atomic E-state index is 15.2. The van der Waals surface area contributed by atoms with Gasteiger partial charge in [0, 0.05) is 61.8 Å². The molecule has 0 bridgehead atoms. The zero-order valence-electron chi connectivity index (χ0n) is 37.1. The van der Waals surface area contributed by atoms with E-state index in [1.165, 1.54) is 6.07 Å². The Kier molecular flexibility index (Phi) is 9.82. The van der Waals surface area contributed by atoms with E-state index < -0.39 is 11.7 Å². The van der Waals surface area contributed by atoms with Crippen LogP contribution in [0.1, 0.15) is 16.7 Å². The molecule has 0 saturated heterocycles. The number of fused-ring (bicyclic) bond motifs is 6. The van der Waals surface area contributed by atoms with Crippen molar-refractivity contribution in [1.29, 1.82) is 5.26 Å². The number of aromatic nitrogens is 4. The molecule has 0 aliphatic carbocycles. The SMILES string of the molecule is Cc1cccc(C(F)(F)F)c1-c1ccc(-n2c3ccccc3c3cc(-c4ccc(-c5ccccc5)nc4)ccc32)c(C#N)c1-n1c2ccccc2c2cc(-c3ccc(-c4ccccc4)nc3)ccc21. The first-order valence-corrected chi connectivity index (χ1v) is 22.6. The van der Waals surface area contributed by atoms with Crippen LogP contribution >= 0.6 is 0 Å². The van der Waals surface area contributed by atoms with Gasteiger partial charge >= 0.3 is 6.18 Å². The lowest BCUT2D eigenvalue weighted by molar-refractivity contribution is -0.137. The van der Waals surface area contributed by atoms with E-state index in [1.807, 2.05) is 144 Å². The lowest BCUT2D eigenvalue weighted by atomic mass is 9.91. The predicted molar refractivity (Wildman–Crippen MR) is 272 cm³/mol. The van der Waals surface area contributed by atoms with Gasteiger partial charge in [0.05, 0.1) is 50.4 Å². The lowest BCUT2D eigenvalue weighted by Gasteiger charge is -2.23. The van der Waals surface area contributed by atoms with E-state index in [2.05, 4.69) is 53.1 Å². The molecular formula is C61H38F3N5. The molecule has 69 heavy (non-hydrogen) atoms. The summed E-state index contributed by atoms with van der Waals surface area (Å²) in [7, 11) is 0. The Morgan fingerprint density at radius 1 is 0.449 bits per heavy atom. The Labute approximate surface area is 395 Å². The Balaban J connectivity index is 1.10. The highest BCUT2D eigenvalue weighted by Crippen LogP contribution is 2.47. The fourth-order valence-corrected chi connectivity index (χ4v) is 10.1. The number of hydrogen-bond donors (Lipinski definition) is 0. The molecule has 8 heteroatoms. The molecular weight excluding hydrogens is 860 g/mol. The van der Waals surface area contributed by atoms with Crippen LogP contribution in [0.3, 0.4) is 0 Å². The van der Waals surface area contributed by atoms with Gasteiger partial charge in [0.25, 0.3) is 0 Å². The summed E-state index contributed by atoms with van der Waals surface area (Å²) in [5, 5.41) is 15.3. The van der Waals surface area contributed by atoms with Crippen LogP contribution in [0.2, 0.25) is 0 Å². The van der Waals surface area contributed by atoms with Crippen LogP contribution in [0.4, 0.5) is 13.2 Å². The summed E-state index contributed by atoms with van der Waals surface area (Å²) in [6, 6.07) is 66.8. The molecule has 4 aromatic heterocycles. The highest BCUT2D eigenvalue weighted by atomic mass is 19.4. The minimum Gasteiger partial charge on any atom is -0.308 e. The van der Waals surface area contributed by atoms with Gasteiger partial charge in [0.1, 0.15) is 11.6 Å². The quantitative estimate of drug-likeness (QED) is 0.160. The lowest BCUT2D eigenvalue weighted by Crippen LogP contribution is -2.11. The summed E-state index contributed by atoms with van der Waals surface area (Å²) in [6.07, 6.45) is -0.927. The Morgan fingerprint density at radius 3 is 1.46 bits per heavy atom. The number of nitrogens with zero attached hydrogens (tertiary/aromatic N) is 5. The van der Waals surface area contributed by atoms with E-state index in [0.29, 0.717) is 22.5 Å². The summed E-state index contributed by atoms with van der Waals surface area (Å²) < 4.78 is 49.7. The first-order chi connectivity index (χ1) is 33.7. The fourth-order valence-electron chi connectivity index (χ4n) is 10.1. The fraction of sp³-hybridized carbons (Fsp3) is 0.0328. The number of hydrogen-bond acceptors (Lipinski definition) is 3. The van der Waals surface area contributed by atoms with Crippen LogP contribution < -0.4 is 0 Å². The van der Waals surface area contributed by atoms with Gasteiger partial charge in [-0.25, -0.2) is 0 Å². The molecule has 0 aliphatic heterocycles. The van der Waals surface area contributed by atoms with Gasteiger partial charge in [0.2, 0.25) is 0 Å². The monoisotopic (exact) mass is 897 g/mol. The number of aryl methyl sites for hydroxylation is 1. The average molecular weight is 898 g/mol. The number of benzene rings is 8. The van der Waals surface area contributed by atoms with Crippen molar-refractivity contribution in [2.45, 2.75) is 13.1 Å². The van der Waals surface area contributed by atoms with E-state index >= 15 is 13.2 Å². The second-order valence-electron chi connectivity index (χ2n) is 17.2. The van der Waals surface area contributed by atoms with Crippen molar-refractivity contribution >= 4 is 43.6 Å². The minimum absolute atomic E-state index is 0.0222. The summed E-state index contributed by atoms with van der Waals surface area (Å²) in [5.74, 6) is 0. The summed E-state index contributed by atoms with van der Waals surface area (Å²) in [5.41, 5.74) is 11.8. The van der Waals surface area contributed by atoms with Crippen LogP contribution in [0.15, 0.2) is 213 Å². The van der Waals surface area contributed by atoms with Crippen molar-refractivity contribution in [2.75, 3.05) is 0 Å². The van der Waals surface area contributed by atoms with E-state index in [9.17, 15) is 5.26 Å².